The fourth-order valence-corrected chi connectivity index (χ4v) is 2.52. The van der Waals surface area contributed by atoms with E-state index in [9.17, 15) is 0 Å². The van der Waals surface area contributed by atoms with Gasteiger partial charge in [-0.15, -0.1) is 0 Å². The quantitative estimate of drug-likeness (QED) is 0.472. The van der Waals surface area contributed by atoms with Gasteiger partial charge in [-0.05, 0) is 18.6 Å². The topological polar surface area (TPSA) is 28.3 Å². The minimum Gasteiger partial charge on any atom is -0.449 e. The zero-order valence-corrected chi connectivity index (χ0v) is 9.00. The maximum Gasteiger partial charge on any atom is 0.175 e. The highest BCUT2D eigenvalue weighted by Crippen LogP contribution is 2.52. The molecule has 0 amide bonds. The Morgan fingerprint density at radius 2 is 2.06 bits per heavy atom. The molecule has 1 aliphatic rings. The third-order valence-electron chi connectivity index (χ3n) is 3.35. The Balaban J connectivity index is 2.26. The zero-order chi connectivity index (χ0) is 10.7. The summed E-state index contributed by atoms with van der Waals surface area (Å²) in [6.07, 6.45) is 1.01. The molecular formula is C14H11NO. The summed E-state index contributed by atoms with van der Waals surface area (Å²) in [6.45, 7) is 2.17. The molecule has 2 aromatic carbocycles. The second-order valence-corrected chi connectivity index (χ2v) is 4.23. The predicted molar refractivity (Wildman–Crippen MR) is 65.3 cm³/mol. The summed E-state index contributed by atoms with van der Waals surface area (Å²) in [5, 5.41) is 2.56. The summed E-state index contributed by atoms with van der Waals surface area (Å²) < 4.78 is 5.49. The highest BCUT2D eigenvalue weighted by molar-refractivity contribution is 6.10. The second kappa shape index (κ2) is 2.59. The lowest BCUT2D eigenvalue weighted by Gasteiger charge is -1.93. The van der Waals surface area contributed by atoms with E-state index in [4.69, 9.17) is 4.74 Å². The highest BCUT2D eigenvalue weighted by atomic mass is 16.6. The maximum atomic E-state index is 5.49. The van der Waals surface area contributed by atoms with Gasteiger partial charge in [-0.1, -0.05) is 25.1 Å². The number of hydrogen-bond acceptors (Lipinski definition) is 1. The summed E-state index contributed by atoms with van der Waals surface area (Å²) in [5.74, 6) is 2.13. The molecule has 1 aliphatic heterocycles. The average molecular weight is 209 g/mol. The minimum absolute atomic E-state index is 1.01. The van der Waals surface area contributed by atoms with Gasteiger partial charge in [0, 0.05) is 21.9 Å². The summed E-state index contributed by atoms with van der Waals surface area (Å²) >= 11 is 0. The van der Waals surface area contributed by atoms with Gasteiger partial charge in [0.1, 0.15) is 0 Å². The molecule has 4 rings (SSSR count). The van der Waals surface area contributed by atoms with Gasteiger partial charge in [-0.3, -0.25) is 0 Å². The van der Waals surface area contributed by atoms with E-state index >= 15 is 0 Å². The molecule has 1 aromatic heterocycles. The van der Waals surface area contributed by atoms with Crippen LogP contribution >= 0.6 is 0 Å². The molecule has 0 fully saturated rings. The molecule has 0 unspecified atom stereocenters. The molecule has 0 saturated carbocycles. The van der Waals surface area contributed by atoms with Crippen molar-refractivity contribution in [1.82, 2.24) is 4.98 Å². The van der Waals surface area contributed by atoms with Crippen LogP contribution < -0.4 is 4.74 Å². The molecule has 0 saturated heterocycles. The van der Waals surface area contributed by atoms with Crippen molar-refractivity contribution in [3.63, 3.8) is 0 Å². The largest absolute Gasteiger partial charge is 0.449 e. The molecule has 2 heteroatoms. The van der Waals surface area contributed by atoms with Crippen molar-refractivity contribution in [3.05, 3.63) is 35.9 Å². The molecule has 3 aromatic rings. The van der Waals surface area contributed by atoms with E-state index in [-0.39, 0.29) is 0 Å². The number of ether oxygens (including phenoxy) is 1. The number of rotatable bonds is 1. The number of para-hydroxylation sites is 1. The second-order valence-electron chi connectivity index (χ2n) is 4.23. The van der Waals surface area contributed by atoms with E-state index in [0.29, 0.717) is 0 Å². The van der Waals surface area contributed by atoms with Crippen LogP contribution in [0.3, 0.4) is 0 Å². The van der Waals surface area contributed by atoms with Gasteiger partial charge >= 0.3 is 0 Å². The Morgan fingerprint density at radius 3 is 2.94 bits per heavy atom. The number of hydrogen-bond donors (Lipinski definition) is 1. The summed E-state index contributed by atoms with van der Waals surface area (Å²) in [4.78, 5) is 3.49. The smallest absolute Gasteiger partial charge is 0.175 e. The molecule has 78 valence electrons. The summed E-state index contributed by atoms with van der Waals surface area (Å²) in [7, 11) is 0. The number of H-pyrrole nitrogens is 1. The first-order valence-corrected chi connectivity index (χ1v) is 5.62. The van der Waals surface area contributed by atoms with Crippen LogP contribution in [-0.4, -0.2) is 4.98 Å². The lowest BCUT2D eigenvalue weighted by Crippen LogP contribution is -1.78. The minimum atomic E-state index is 1.01. The monoisotopic (exact) mass is 209 g/mol. The summed E-state index contributed by atoms with van der Waals surface area (Å²) in [5.41, 5.74) is 3.75. The van der Waals surface area contributed by atoms with E-state index in [0.717, 1.165) is 17.9 Å². The fraction of sp³-hybridized carbons (Fsp3) is 0.143. The molecule has 2 heterocycles. The van der Waals surface area contributed by atoms with Gasteiger partial charge < -0.3 is 9.72 Å². The van der Waals surface area contributed by atoms with Crippen LogP contribution in [0.1, 0.15) is 12.5 Å². The third kappa shape index (κ3) is 0.871. The molecule has 0 atom stereocenters. The molecule has 16 heavy (non-hydrogen) atoms. The average Bonchev–Trinajstić information content (AvgIpc) is 2.99. The Bertz CT molecular complexity index is 724. The zero-order valence-electron chi connectivity index (χ0n) is 9.00. The van der Waals surface area contributed by atoms with E-state index in [1.807, 2.05) is 0 Å². The highest BCUT2D eigenvalue weighted by Gasteiger charge is 2.27. The van der Waals surface area contributed by atoms with Crippen molar-refractivity contribution in [2.24, 2.45) is 0 Å². The number of nitrogens with one attached hydrogen (secondary N) is 1. The lowest BCUT2D eigenvalue weighted by atomic mass is 10.1. The number of aromatic amines is 1. The van der Waals surface area contributed by atoms with E-state index in [2.05, 4.69) is 42.2 Å². The Labute approximate surface area is 92.8 Å². The van der Waals surface area contributed by atoms with Gasteiger partial charge in [0.15, 0.2) is 11.5 Å². The predicted octanol–water partition coefficient (Wildman–Crippen LogP) is 3.99. The van der Waals surface area contributed by atoms with Crippen molar-refractivity contribution >= 4 is 21.8 Å². The molecule has 0 aliphatic carbocycles. The number of benzene rings is 2. The van der Waals surface area contributed by atoms with Crippen LogP contribution in [0.2, 0.25) is 0 Å². The Morgan fingerprint density at radius 1 is 1.19 bits per heavy atom. The molecule has 0 radical (unpaired) electrons. The van der Waals surface area contributed by atoms with Crippen LogP contribution in [0.25, 0.3) is 21.8 Å². The van der Waals surface area contributed by atoms with Gasteiger partial charge in [-0.25, -0.2) is 0 Å². The number of fused-ring (bicyclic) bond motifs is 4. The molecular weight excluding hydrogens is 198 g/mol. The van der Waals surface area contributed by atoms with Crippen molar-refractivity contribution in [1.29, 1.82) is 0 Å². The summed E-state index contributed by atoms with van der Waals surface area (Å²) in [6, 6.07) is 10.6. The Kier molecular flexibility index (Phi) is 1.33. The van der Waals surface area contributed by atoms with Crippen molar-refractivity contribution < 1.29 is 4.74 Å². The van der Waals surface area contributed by atoms with Gasteiger partial charge in [-0.2, -0.15) is 0 Å². The molecule has 0 bridgehead atoms. The first-order valence-electron chi connectivity index (χ1n) is 5.62. The van der Waals surface area contributed by atoms with E-state index in [1.54, 1.807) is 0 Å². The first kappa shape index (κ1) is 8.22. The van der Waals surface area contributed by atoms with Crippen LogP contribution in [0.15, 0.2) is 30.3 Å². The van der Waals surface area contributed by atoms with Crippen molar-refractivity contribution in [2.45, 2.75) is 13.3 Å². The lowest BCUT2D eigenvalue weighted by molar-refractivity contribution is 0.645. The Hall–Kier alpha value is -1.96. The van der Waals surface area contributed by atoms with Crippen LogP contribution in [0.4, 0.5) is 0 Å². The molecule has 0 spiro atoms. The van der Waals surface area contributed by atoms with Crippen LogP contribution in [0, 0.1) is 0 Å². The van der Waals surface area contributed by atoms with Crippen molar-refractivity contribution in [3.8, 4) is 11.5 Å². The normalized spacial score (nSPS) is 12.8. The third-order valence-corrected chi connectivity index (χ3v) is 3.35. The van der Waals surface area contributed by atoms with Gasteiger partial charge in [0.05, 0.1) is 5.52 Å². The fourth-order valence-electron chi connectivity index (χ4n) is 2.52. The van der Waals surface area contributed by atoms with Gasteiger partial charge in [0.2, 0.25) is 0 Å². The number of aromatic nitrogens is 1. The van der Waals surface area contributed by atoms with E-state index in [1.165, 1.54) is 27.4 Å². The maximum absolute atomic E-state index is 5.49. The van der Waals surface area contributed by atoms with Crippen molar-refractivity contribution in [2.75, 3.05) is 0 Å². The van der Waals surface area contributed by atoms with Gasteiger partial charge in [0.25, 0.3) is 0 Å². The van der Waals surface area contributed by atoms with Crippen LogP contribution in [-0.2, 0) is 6.42 Å². The molecule has 1 N–H and O–H groups in total. The molecule has 2 nitrogen and oxygen atoms in total. The first-order chi connectivity index (χ1) is 7.88. The standard InChI is InChI=1S/C14H11NO/c1-2-8-13-10(7-12-14(8)16-12)9-5-3-4-6-11(9)15-13/h3-7,15H,2H2,1H3. The van der Waals surface area contributed by atoms with Crippen LogP contribution in [0.5, 0.6) is 11.5 Å². The SMILES string of the molecule is CCc1c2c(cc3c1[nH]c1ccccc13)O2. The number of aryl methyl sites for hydroxylation is 1. The van der Waals surface area contributed by atoms with E-state index < -0.39 is 0 Å².